The molecular formula is C19H32O6Si. The van der Waals surface area contributed by atoms with Crippen LogP contribution in [0.15, 0.2) is 18.2 Å². The van der Waals surface area contributed by atoms with Crippen LogP contribution in [-0.2, 0) is 24.6 Å². The first kappa shape index (κ1) is 21.2. The molecule has 148 valence electrons. The maximum Gasteiger partial charge on any atom is 0.500 e. The Balaban J connectivity index is 1.88. The molecule has 0 fully saturated rings. The van der Waals surface area contributed by atoms with Crippen LogP contribution in [-0.4, -0.2) is 42.5 Å². The Morgan fingerprint density at radius 1 is 1.15 bits per heavy atom. The largest absolute Gasteiger partial charge is 0.500 e. The van der Waals surface area contributed by atoms with Crippen molar-refractivity contribution in [2.45, 2.75) is 52.1 Å². The molecular weight excluding hydrogens is 352 g/mol. The molecule has 6 nitrogen and oxygen atoms in total. The Hall–Kier alpha value is -1.12. The van der Waals surface area contributed by atoms with E-state index in [9.17, 15) is 0 Å². The van der Waals surface area contributed by atoms with Crippen LogP contribution in [0.1, 0.15) is 39.2 Å². The summed E-state index contributed by atoms with van der Waals surface area (Å²) in [4.78, 5) is 0. The van der Waals surface area contributed by atoms with E-state index in [0.29, 0.717) is 25.2 Å². The van der Waals surface area contributed by atoms with Gasteiger partial charge in [0.2, 0.25) is 5.79 Å². The Labute approximate surface area is 158 Å². The van der Waals surface area contributed by atoms with Crippen molar-refractivity contribution in [1.29, 1.82) is 0 Å². The highest BCUT2D eigenvalue weighted by atomic mass is 28.4. The molecule has 0 bridgehead atoms. The molecule has 2 rings (SSSR count). The van der Waals surface area contributed by atoms with Crippen LogP contribution in [0.3, 0.4) is 0 Å². The predicted octanol–water partition coefficient (Wildman–Crippen LogP) is 4.00. The van der Waals surface area contributed by atoms with Gasteiger partial charge in [-0.2, -0.15) is 0 Å². The van der Waals surface area contributed by atoms with Crippen LogP contribution in [0.4, 0.5) is 0 Å². The minimum Gasteiger partial charge on any atom is -0.494 e. The smallest absolute Gasteiger partial charge is 0.494 e. The third-order valence-corrected chi connectivity index (χ3v) is 7.33. The lowest BCUT2D eigenvalue weighted by atomic mass is 10.0. The number of benzene rings is 1. The number of hydrogen-bond acceptors (Lipinski definition) is 6. The van der Waals surface area contributed by atoms with E-state index in [4.69, 9.17) is 27.5 Å². The van der Waals surface area contributed by atoms with Crippen LogP contribution in [0.25, 0.3) is 0 Å². The maximum absolute atomic E-state index is 6.08. The Kier molecular flexibility index (Phi) is 7.49. The van der Waals surface area contributed by atoms with Crippen molar-refractivity contribution in [3.8, 4) is 11.5 Å². The molecule has 1 aliphatic heterocycles. The minimum atomic E-state index is -2.53. The Bertz CT molecular complexity index is 567. The molecule has 0 radical (unpaired) electrons. The van der Waals surface area contributed by atoms with E-state index in [1.54, 1.807) is 21.3 Å². The zero-order valence-corrected chi connectivity index (χ0v) is 17.8. The second kappa shape index (κ2) is 9.19. The van der Waals surface area contributed by atoms with Gasteiger partial charge in [-0.15, -0.1) is 0 Å². The van der Waals surface area contributed by atoms with Crippen molar-refractivity contribution in [2.75, 3.05) is 27.9 Å². The van der Waals surface area contributed by atoms with E-state index in [0.717, 1.165) is 29.9 Å². The molecule has 1 atom stereocenters. The van der Waals surface area contributed by atoms with Crippen molar-refractivity contribution < 1.29 is 27.5 Å². The van der Waals surface area contributed by atoms with Crippen LogP contribution in [0.5, 0.6) is 11.5 Å². The van der Waals surface area contributed by atoms with Gasteiger partial charge in [-0.1, -0.05) is 13.8 Å². The van der Waals surface area contributed by atoms with Crippen LogP contribution in [0.2, 0.25) is 6.04 Å². The quantitative estimate of drug-likeness (QED) is 0.449. The second-order valence-corrected chi connectivity index (χ2v) is 10.2. The summed E-state index contributed by atoms with van der Waals surface area (Å²) in [5.74, 6) is 1.63. The van der Waals surface area contributed by atoms with Gasteiger partial charge >= 0.3 is 8.80 Å². The molecule has 0 N–H and O–H groups in total. The van der Waals surface area contributed by atoms with Gasteiger partial charge in [0.25, 0.3) is 0 Å². The fourth-order valence-electron chi connectivity index (χ4n) is 3.23. The SMILES string of the molecule is CO[Si](CCCOc1ccc2c(c1)COC(C)(CC(C)C)O2)(OC)OC. The maximum atomic E-state index is 6.08. The fraction of sp³-hybridized carbons (Fsp3) is 0.684. The first-order valence-corrected chi connectivity index (χ1v) is 11.0. The van der Waals surface area contributed by atoms with Gasteiger partial charge in [0.05, 0.1) is 13.2 Å². The van der Waals surface area contributed by atoms with Crippen LogP contribution < -0.4 is 9.47 Å². The summed E-state index contributed by atoms with van der Waals surface area (Å²) in [5, 5.41) is 0. The first-order valence-electron chi connectivity index (χ1n) is 9.09. The molecule has 0 saturated heterocycles. The summed E-state index contributed by atoms with van der Waals surface area (Å²) in [7, 11) is 2.34. The zero-order valence-electron chi connectivity index (χ0n) is 16.8. The van der Waals surface area contributed by atoms with Crippen molar-refractivity contribution in [3.05, 3.63) is 23.8 Å². The molecule has 1 aromatic carbocycles. The highest BCUT2D eigenvalue weighted by Gasteiger charge is 2.37. The Morgan fingerprint density at radius 3 is 2.46 bits per heavy atom. The predicted molar refractivity (Wildman–Crippen MR) is 101 cm³/mol. The standard InChI is InChI=1S/C19H32O6Si/c1-15(2)13-19(3)24-14-16-12-17(8-9-18(16)25-19)23-10-7-11-26(20-4,21-5)22-6/h8-9,12,15H,7,10-11,13-14H2,1-6H3. The summed E-state index contributed by atoms with van der Waals surface area (Å²) in [5.41, 5.74) is 1.01. The van der Waals surface area contributed by atoms with Gasteiger partial charge in [0.1, 0.15) is 11.5 Å². The van der Waals surface area contributed by atoms with Crippen molar-refractivity contribution >= 4 is 8.80 Å². The molecule has 0 amide bonds. The molecule has 1 heterocycles. The van der Waals surface area contributed by atoms with Crippen molar-refractivity contribution in [2.24, 2.45) is 5.92 Å². The molecule has 0 aliphatic carbocycles. The molecule has 0 spiro atoms. The fourth-order valence-corrected chi connectivity index (χ4v) is 4.92. The van der Waals surface area contributed by atoms with E-state index in [2.05, 4.69) is 13.8 Å². The van der Waals surface area contributed by atoms with Gasteiger partial charge in [-0.3, -0.25) is 0 Å². The summed E-state index contributed by atoms with van der Waals surface area (Å²) < 4.78 is 34.1. The van der Waals surface area contributed by atoms with E-state index < -0.39 is 14.6 Å². The molecule has 26 heavy (non-hydrogen) atoms. The monoisotopic (exact) mass is 384 g/mol. The summed E-state index contributed by atoms with van der Waals surface area (Å²) in [6.07, 6.45) is 1.65. The first-order chi connectivity index (χ1) is 12.4. The topological polar surface area (TPSA) is 55.4 Å². The zero-order chi connectivity index (χ0) is 19.2. The molecule has 0 aromatic heterocycles. The normalized spacial score (nSPS) is 20.0. The number of rotatable bonds is 10. The average molecular weight is 385 g/mol. The van der Waals surface area contributed by atoms with Crippen molar-refractivity contribution in [3.63, 3.8) is 0 Å². The third-order valence-electron chi connectivity index (χ3n) is 4.50. The van der Waals surface area contributed by atoms with Crippen LogP contribution >= 0.6 is 0 Å². The Morgan fingerprint density at radius 2 is 1.85 bits per heavy atom. The van der Waals surface area contributed by atoms with E-state index in [1.165, 1.54) is 0 Å². The van der Waals surface area contributed by atoms with E-state index >= 15 is 0 Å². The highest BCUT2D eigenvalue weighted by molar-refractivity contribution is 6.60. The van der Waals surface area contributed by atoms with Gasteiger partial charge in [-0.05, 0) is 30.5 Å². The lowest BCUT2D eigenvalue weighted by molar-refractivity contribution is -0.202. The van der Waals surface area contributed by atoms with Gasteiger partial charge < -0.3 is 27.5 Å². The number of hydrogen-bond donors (Lipinski definition) is 0. The van der Waals surface area contributed by atoms with Gasteiger partial charge in [0, 0.05) is 46.3 Å². The molecule has 1 aromatic rings. The van der Waals surface area contributed by atoms with Gasteiger partial charge in [-0.25, -0.2) is 0 Å². The average Bonchev–Trinajstić information content (AvgIpc) is 2.61. The summed E-state index contributed by atoms with van der Waals surface area (Å²) in [6, 6.07) is 6.59. The van der Waals surface area contributed by atoms with Crippen molar-refractivity contribution in [1.82, 2.24) is 0 Å². The highest BCUT2D eigenvalue weighted by Crippen LogP contribution is 2.36. The van der Waals surface area contributed by atoms with E-state index in [-0.39, 0.29) is 0 Å². The molecule has 1 unspecified atom stereocenters. The summed E-state index contributed by atoms with van der Waals surface area (Å²) >= 11 is 0. The number of ether oxygens (including phenoxy) is 3. The van der Waals surface area contributed by atoms with Crippen LogP contribution in [0, 0.1) is 5.92 Å². The van der Waals surface area contributed by atoms with Gasteiger partial charge in [0.15, 0.2) is 0 Å². The summed E-state index contributed by atoms with van der Waals surface area (Å²) in [6.45, 7) is 7.43. The number of fused-ring (bicyclic) bond motifs is 1. The minimum absolute atomic E-state index is 0.506. The lowest BCUT2D eigenvalue weighted by Gasteiger charge is -2.36. The molecule has 7 heteroatoms. The third kappa shape index (κ3) is 5.44. The lowest BCUT2D eigenvalue weighted by Crippen LogP contribution is -2.42. The van der Waals surface area contributed by atoms with E-state index in [1.807, 2.05) is 25.1 Å². The molecule has 1 aliphatic rings. The second-order valence-electron chi connectivity index (χ2n) is 7.14. The molecule has 0 saturated carbocycles.